The Morgan fingerprint density at radius 1 is 1.06 bits per heavy atom. The lowest BCUT2D eigenvalue weighted by molar-refractivity contribution is 0.263. The van der Waals surface area contributed by atoms with Crippen LogP contribution in [0.5, 0.6) is 0 Å². The van der Waals surface area contributed by atoms with Crippen molar-refractivity contribution in [2.75, 3.05) is 19.0 Å². The first-order valence-electron chi connectivity index (χ1n) is 6.75. The fourth-order valence-corrected chi connectivity index (χ4v) is 2.76. The maximum atomic E-state index is 5.70. The van der Waals surface area contributed by atoms with Gasteiger partial charge < -0.3 is 0 Å². The molecule has 0 fully saturated rings. The number of fused-ring (bicyclic) bond motifs is 1. The van der Waals surface area contributed by atoms with Crippen LogP contribution in [0.25, 0.3) is 0 Å². The monoisotopic (exact) mass is 251 g/mol. The van der Waals surface area contributed by atoms with Gasteiger partial charge in [-0.05, 0) is 49.9 Å². The van der Waals surface area contributed by atoms with Gasteiger partial charge >= 0.3 is 0 Å². The third-order valence-electron chi connectivity index (χ3n) is 3.54. The Kier molecular flexibility index (Phi) is 5.34. The molecule has 1 aliphatic rings. The zero-order valence-corrected chi connectivity index (χ0v) is 11.3. The molecule has 0 bridgehead atoms. The van der Waals surface area contributed by atoms with Crippen molar-refractivity contribution in [1.82, 2.24) is 4.90 Å². The SMILES string of the molecule is ClCCCCCN1CCCc2ccccc2C1. The summed E-state index contributed by atoms with van der Waals surface area (Å²) < 4.78 is 0. The molecule has 0 atom stereocenters. The lowest BCUT2D eigenvalue weighted by Gasteiger charge is -2.20. The molecule has 0 saturated heterocycles. The normalized spacial score (nSPS) is 16.5. The fraction of sp³-hybridized carbons (Fsp3) is 0.600. The van der Waals surface area contributed by atoms with Gasteiger partial charge in [-0.25, -0.2) is 0 Å². The summed E-state index contributed by atoms with van der Waals surface area (Å²) in [7, 11) is 0. The first-order valence-corrected chi connectivity index (χ1v) is 7.28. The zero-order valence-electron chi connectivity index (χ0n) is 10.5. The van der Waals surface area contributed by atoms with Crippen molar-refractivity contribution in [2.24, 2.45) is 0 Å². The van der Waals surface area contributed by atoms with Crippen LogP contribution >= 0.6 is 11.6 Å². The molecule has 1 aromatic carbocycles. The maximum Gasteiger partial charge on any atom is 0.0236 e. The van der Waals surface area contributed by atoms with Gasteiger partial charge in [-0.3, -0.25) is 4.90 Å². The second-order valence-electron chi connectivity index (χ2n) is 4.90. The van der Waals surface area contributed by atoms with Crippen LogP contribution in [-0.2, 0) is 13.0 Å². The zero-order chi connectivity index (χ0) is 11.9. The van der Waals surface area contributed by atoms with Gasteiger partial charge in [-0.1, -0.05) is 30.7 Å². The van der Waals surface area contributed by atoms with Gasteiger partial charge in [0.25, 0.3) is 0 Å². The Balaban J connectivity index is 1.85. The molecule has 0 saturated carbocycles. The highest BCUT2D eigenvalue weighted by Crippen LogP contribution is 2.18. The largest absolute Gasteiger partial charge is 0.299 e. The number of hydrogen-bond donors (Lipinski definition) is 0. The topological polar surface area (TPSA) is 3.24 Å². The molecule has 0 aromatic heterocycles. The van der Waals surface area contributed by atoms with E-state index < -0.39 is 0 Å². The molecule has 0 unspecified atom stereocenters. The number of alkyl halides is 1. The molecule has 0 radical (unpaired) electrons. The van der Waals surface area contributed by atoms with Crippen LogP contribution in [0.3, 0.4) is 0 Å². The van der Waals surface area contributed by atoms with Gasteiger partial charge in [0.05, 0.1) is 0 Å². The molecule has 0 N–H and O–H groups in total. The number of unbranched alkanes of at least 4 members (excludes halogenated alkanes) is 2. The minimum atomic E-state index is 0.808. The fourth-order valence-electron chi connectivity index (χ4n) is 2.57. The van der Waals surface area contributed by atoms with Crippen LogP contribution in [0.2, 0.25) is 0 Å². The number of halogens is 1. The van der Waals surface area contributed by atoms with E-state index >= 15 is 0 Å². The summed E-state index contributed by atoms with van der Waals surface area (Å²) >= 11 is 5.70. The van der Waals surface area contributed by atoms with Crippen molar-refractivity contribution in [2.45, 2.75) is 38.6 Å². The Labute approximate surface area is 110 Å². The van der Waals surface area contributed by atoms with Crippen molar-refractivity contribution >= 4 is 11.6 Å². The second-order valence-corrected chi connectivity index (χ2v) is 5.28. The predicted molar refractivity (Wildman–Crippen MR) is 74.6 cm³/mol. The van der Waals surface area contributed by atoms with Gasteiger partial charge in [0.2, 0.25) is 0 Å². The van der Waals surface area contributed by atoms with Crippen LogP contribution in [0.1, 0.15) is 36.8 Å². The van der Waals surface area contributed by atoms with Crippen LogP contribution < -0.4 is 0 Å². The Hall–Kier alpha value is -0.530. The third-order valence-corrected chi connectivity index (χ3v) is 3.81. The molecule has 1 nitrogen and oxygen atoms in total. The van der Waals surface area contributed by atoms with Crippen molar-refractivity contribution in [3.63, 3.8) is 0 Å². The van der Waals surface area contributed by atoms with E-state index in [2.05, 4.69) is 29.2 Å². The van der Waals surface area contributed by atoms with E-state index in [1.807, 2.05) is 0 Å². The summed E-state index contributed by atoms with van der Waals surface area (Å²) in [5, 5.41) is 0. The van der Waals surface area contributed by atoms with Crippen molar-refractivity contribution < 1.29 is 0 Å². The summed E-state index contributed by atoms with van der Waals surface area (Å²) in [6.45, 7) is 3.61. The summed E-state index contributed by atoms with van der Waals surface area (Å²) in [6, 6.07) is 8.89. The minimum absolute atomic E-state index is 0.808. The Morgan fingerprint density at radius 3 is 2.71 bits per heavy atom. The number of rotatable bonds is 5. The number of benzene rings is 1. The first kappa shape index (κ1) is 12.9. The average Bonchev–Trinajstić information content (AvgIpc) is 2.56. The standard InChI is InChI=1S/C15H22ClN/c16-10-4-1-5-11-17-12-6-9-14-7-2-3-8-15(14)13-17/h2-3,7-8H,1,4-6,9-13H2. The van der Waals surface area contributed by atoms with Gasteiger partial charge in [-0.15, -0.1) is 11.6 Å². The summed E-state index contributed by atoms with van der Waals surface area (Å²) in [6.07, 6.45) is 6.25. The van der Waals surface area contributed by atoms with Crippen molar-refractivity contribution in [1.29, 1.82) is 0 Å². The van der Waals surface area contributed by atoms with E-state index in [9.17, 15) is 0 Å². The van der Waals surface area contributed by atoms with E-state index in [0.29, 0.717) is 0 Å². The molecule has 2 rings (SSSR count). The Bertz CT molecular complexity index is 337. The van der Waals surface area contributed by atoms with E-state index in [4.69, 9.17) is 11.6 Å². The minimum Gasteiger partial charge on any atom is -0.299 e. The van der Waals surface area contributed by atoms with E-state index in [-0.39, 0.29) is 0 Å². The molecule has 1 aromatic rings. The predicted octanol–water partition coefficient (Wildman–Crippen LogP) is 3.84. The smallest absolute Gasteiger partial charge is 0.0236 e. The number of aryl methyl sites for hydroxylation is 1. The second kappa shape index (κ2) is 7.03. The number of nitrogens with zero attached hydrogens (tertiary/aromatic N) is 1. The van der Waals surface area contributed by atoms with Gasteiger partial charge in [0, 0.05) is 12.4 Å². The van der Waals surface area contributed by atoms with Crippen LogP contribution in [0, 0.1) is 0 Å². The highest BCUT2D eigenvalue weighted by atomic mass is 35.5. The molecule has 17 heavy (non-hydrogen) atoms. The molecule has 1 aliphatic heterocycles. The molecule has 0 spiro atoms. The quantitative estimate of drug-likeness (QED) is 0.568. The molecule has 0 aliphatic carbocycles. The summed E-state index contributed by atoms with van der Waals surface area (Å²) in [5.41, 5.74) is 3.08. The van der Waals surface area contributed by atoms with Crippen LogP contribution in [0.15, 0.2) is 24.3 Å². The molecule has 1 heterocycles. The van der Waals surface area contributed by atoms with E-state index in [1.54, 1.807) is 5.56 Å². The Morgan fingerprint density at radius 2 is 1.88 bits per heavy atom. The van der Waals surface area contributed by atoms with Gasteiger partial charge in [0.1, 0.15) is 0 Å². The summed E-state index contributed by atoms with van der Waals surface area (Å²) in [4.78, 5) is 2.60. The maximum absolute atomic E-state index is 5.70. The van der Waals surface area contributed by atoms with Gasteiger partial charge in [-0.2, -0.15) is 0 Å². The van der Waals surface area contributed by atoms with Crippen LogP contribution in [0.4, 0.5) is 0 Å². The lowest BCUT2D eigenvalue weighted by atomic mass is 10.0. The lowest BCUT2D eigenvalue weighted by Crippen LogP contribution is -2.24. The first-order chi connectivity index (χ1) is 8.40. The highest BCUT2D eigenvalue weighted by molar-refractivity contribution is 6.17. The van der Waals surface area contributed by atoms with Crippen LogP contribution in [-0.4, -0.2) is 23.9 Å². The number of hydrogen-bond acceptors (Lipinski definition) is 1. The summed E-state index contributed by atoms with van der Waals surface area (Å²) in [5.74, 6) is 0.808. The third kappa shape index (κ3) is 4.01. The molecular weight excluding hydrogens is 230 g/mol. The molecule has 2 heteroatoms. The van der Waals surface area contributed by atoms with E-state index in [1.165, 1.54) is 44.3 Å². The van der Waals surface area contributed by atoms with Crippen molar-refractivity contribution in [3.8, 4) is 0 Å². The van der Waals surface area contributed by atoms with Gasteiger partial charge in [0.15, 0.2) is 0 Å². The van der Waals surface area contributed by atoms with Crippen molar-refractivity contribution in [3.05, 3.63) is 35.4 Å². The average molecular weight is 252 g/mol. The molecule has 94 valence electrons. The van der Waals surface area contributed by atoms with E-state index in [0.717, 1.165) is 18.8 Å². The highest BCUT2D eigenvalue weighted by Gasteiger charge is 2.12. The molecular formula is C15H22ClN. The molecule has 0 amide bonds.